The van der Waals surface area contributed by atoms with E-state index in [1.807, 2.05) is 43.3 Å². The standard InChI is InChI=1S/C17H17ClO3/c1-12-4-3-5-15(10-12)21-11-16(17(19)20-2)13-6-8-14(18)9-7-13/h3-10,16H,11H2,1-2H3. The fourth-order valence-corrected chi connectivity index (χ4v) is 2.15. The molecule has 0 fully saturated rings. The van der Waals surface area contributed by atoms with E-state index in [-0.39, 0.29) is 12.6 Å². The lowest BCUT2D eigenvalue weighted by molar-refractivity contribution is -0.143. The Morgan fingerprint density at radius 1 is 1.19 bits per heavy atom. The molecule has 1 atom stereocenters. The first-order chi connectivity index (χ1) is 10.1. The van der Waals surface area contributed by atoms with Crippen LogP contribution in [0.15, 0.2) is 48.5 Å². The fraction of sp³-hybridized carbons (Fsp3) is 0.235. The molecular formula is C17H17ClO3. The quantitative estimate of drug-likeness (QED) is 0.784. The topological polar surface area (TPSA) is 35.5 Å². The number of carbonyl (C=O) groups excluding carboxylic acids is 1. The van der Waals surface area contributed by atoms with Crippen LogP contribution in [0.25, 0.3) is 0 Å². The Balaban J connectivity index is 2.13. The normalized spacial score (nSPS) is 11.8. The van der Waals surface area contributed by atoms with E-state index < -0.39 is 5.92 Å². The molecule has 2 aromatic rings. The third-order valence-corrected chi connectivity index (χ3v) is 3.42. The van der Waals surface area contributed by atoms with Gasteiger partial charge in [0.2, 0.25) is 0 Å². The highest BCUT2D eigenvalue weighted by Gasteiger charge is 2.22. The van der Waals surface area contributed by atoms with Gasteiger partial charge in [0.05, 0.1) is 7.11 Å². The van der Waals surface area contributed by atoms with E-state index in [4.69, 9.17) is 21.1 Å². The average Bonchev–Trinajstić information content (AvgIpc) is 2.49. The third-order valence-electron chi connectivity index (χ3n) is 3.16. The van der Waals surface area contributed by atoms with Gasteiger partial charge < -0.3 is 9.47 Å². The summed E-state index contributed by atoms with van der Waals surface area (Å²) in [5.74, 6) is -0.0735. The second kappa shape index (κ2) is 7.14. The summed E-state index contributed by atoms with van der Waals surface area (Å²) in [4.78, 5) is 12.0. The number of hydrogen-bond donors (Lipinski definition) is 0. The van der Waals surface area contributed by atoms with Crippen LogP contribution in [0, 0.1) is 6.92 Å². The molecule has 2 rings (SSSR count). The van der Waals surface area contributed by atoms with Crippen molar-refractivity contribution in [1.29, 1.82) is 0 Å². The minimum atomic E-state index is -0.479. The summed E-state index contributed by atoms with van der Waals surface area (Å²) in [6, 6.07) is 14.8. The smallest absolute Gasteiger partial charge is 0.316 e. The van der Waals surface area contributed by atoms with Gasteiger partial charge in [-0.05, 0) is 42.3 Å². The summed E-state index contributed by atoms with van der Waals surface area (Å²) in [6.07, 6.45) is 0. The molecular weight excluding hydrogens is 288 g/mol. The molecule has 0 aromatic heterocycles. The molecule has 0 spiro atoms. The van der Waals surface area contributed by atoms with Gasteiger partial charge in [0.1, 0.15) is 18.3 Å². The molecule has 0 aliphatic heterocycles. The van der Waals surface area contributed by atoms with Gasteiger partial charge in [0.15, 0.2) is 0 Å². The van der Waals surface area contributed by atoms with Crippen molar-refractivity contribution >= 4 is 17.6 Å². The Kier molecular flexibility index (Phi) is 5.23. The number of hydrogen-bond acceptors (Lipinski definition) is 3. The van der Waals surface area contributed by atoms with Gasteiger partial charge in [-0.15, -0.1) is 0 Å². The predicted octanol–water partition coefficient (Wildman–Crippen LogP) is 3.98. The molecule has 0 amide bonds. The lowest BCUT2D eigenvalue weighted by atomic mass is 10.0. The van der Waals surface area contributed by atoms with Crippen LogP contribution in [-0.2, 0) is 9.53 Å². The lowest BCUT2D eigenvalue weighted by Gasteiger charge is -2.16. The van der Waals surface area contributed by atoms with Crippen LogP contribution in [0.1, 0.15) is 17.0 Å². The lowest BCUT2D eigenvalue weighted by Crippen LogP contribution is -2.21. The van der Waals surface area contributed by atoms with Crippen molar-refractivity contribution < 1.29 is 14.3 Å². The first-order valence-electron chi connectivity index (χ1n) is 6.63. The molecule has 3 nitrogen and oxygen atoms in total. The van der Waals surface area contributed by atoms with Crippen molar-refractivity contribution in [2.75, 3.05) is 13.7 Å². The van der Waals surface area contributed by atoms with Crippen LogP contribution in [-0.4, -0.2) is 19.7 Å². The van der Waals surface area contributed by atoms with Crippen molar-refractivity contribution in [3.05, 3.63) is 64.7 Å². The van der Waals surface area contributed by atoms with Gasteiger partial charge in [-0.2, -0.15) is 0 Å². The molecule has 0 heterocycles. The highest BCUT2D eigenvalue weighted by Crippen LogP contribution is 2.22. The molecule has 110 valence electrons. The summed E-state index contributed by atoms with van der Waals surface area (Å²) in [7, 11) is 1.37. The van der Waals surface area contributed by atoms with Crippen LogP contribution < -0.4 is 4.74 Å². The molecule has 0 bridgehead atoms. The summed E-state index contributed by atoms with van der Waals surface area (Å²) in [5, 5.41) is 0.627. The third kappa shape index (κ3) is 4.23. The van der Waals surface area contributed by atoms with Crippen LogP contribution in [0.2, 0.25) is 5.02 Å². The predicted molar refractivity (Wildman–Crippen MR) is 82.9 cm³/mol. The number of halogens is 1. The summed E-state index contributed by atoms with van der Waals surface area (Å²) >= 11 is 5.87. The van der Waals surface area contributed by atoms with E-state index in [2.05, 4.69) is 0 Å². The van der Waals surface area contributed by atoms with Crippen molar-refractivity contribution in [2.45, 2.75) is 12.8 Å². The van der Waals surface area contributed by atoms with Gasteiger partial charge in [0.25, 0.3) is 0 Å². The molecule has 1 unspecified atom stereocenters. The molecule has 21 heavy (non-hydrogen) atoms. The largest absolute Gasteiger partial charge is 0.492 e. The number of benzene rings is 2. The van der Waals surface area contributed by atoms with Crippen LogP contribution in [0.4, 0.5) is 0 Å². The number of rotatable bonds is 5. The highest BCUT2D eigenvalue weighted by molar-refractivity contribution is 6.30. The summed E-state index contributed by atoms with van der Waals surface area (Å²) in [5.41, 5.74) is 1.92. The zero-order chi connectivity index (χ0) is 15.2. The average molecular weight is 305 g/mol. The summed E-state index contributed by atoms with van der Waals surface area (Å²) < 4.78 is 10.6. The minimum Gasteiger partial charge on any atom is -0.492 e. The maximum Gasteiger partial charge on any atom is 0.316 e. The molecule has 2 aromatic carbocycles. The van der Waals surface area contributed by atoms with E-state index >= 15 is 0 Å². The van der Waals surface area contributed by atoms with Gasteiger partial charge in [-0.25, -0.2) is 0 Å². The molecule has 0 saturated heterocycles. The molecule has 0 radical (unpaired) electrons. The Morgan fingerprint density at radius 2 is 1.90 bits per heavy atom. The minimum absolute atomic E-state index is 0.220. The fourth-order valence-electron chi connectivity index (χ4n) is 2.02. The molecule has 0 saturated carbocycles. The SMILES string of the molecule is COC(=O)C(COc1cccc(C)c1)c1ccc(Cl)cc1. The number of carbonyl (C=O) groups is 1. The van der Waals surface area contributed by atoms with E-state index in [1.165, 1.54) is 7.11 Å². The number of aryl methyl sites for hydroxylation is 1. The van der Waals surface area contributed by atoms with Crippen molar-refractivity contribution in [1.82, 2.24) is 0 Å². The number of methoxy groups -OCH3 is 1. The monoisotopic (exact) mass is 304 g/mol. The second-order valence-corrected chi connectivity index (χ2v) is 5.19. The van der Waals surface area contributed by atoms with Gasteiger partial charge in [0, 0.05) is 5.02 Å². The van der Waals surface area contributed by atoms with Crippen LogP contribution >= 0.6 is 11.6 Å². The Bertz CT molecular complexity index is 608. The summed E-state index contributed by atoms with van der Waals surface area (Å²) in [6.45, 7) is 2.21. The van der Waals surface area contributed by atoms with Gasteiger partial charge >= 0.3 is 5.97 Å². The first-order valence-corrected chi connectivity index (χ1v) is 7.00. The van der Waals surface area contributed by atoms with E-state index in [0.717, 1.165) is 16.9 Å². The molecule has 0 N–H and O–H groups in total. The maximum atomic E-state index is 12.0. The van der Waals surface area contributed by atoms with Crippen molar-refractivity contribution in [2.24, 2.45) is 0 Å². The van der Waals surface area contributed by atoms with Gasteiger partial charge in [-0.1, -0.05) is 35.9 Å². The first kappa shape index (κ1) is 15.4. The molecule has 0 aliphatic carbocycles. The zero-order valence-corrected chi connectivity index (χ0v) is 12.8. The Morgan fingerprint density at radius 3 is 2.52 bits per heavy atom. The van der Waals surface area contributed by atoms with Crippen LogP contribution in [0.3, 0.4) is 0 Å². The second-order valence-electron chi connectivity index (χ2n) is 4.75. The Labute approximate surface area is 129 Å². The molecule has 4 heteroatoms. The maximum absolute atomic E-state index is 12.0. The zero-order valence-electron chi connectivity index (χ0n) is 12.0. The van der Waals surface area contributed by atoms with Crippen LogP contribution in [0.5, 0.6) is 5.75 Å². The van der Waals surface area contributed by atoms with E-state index in [0.29, 0.717) is 5.02 Å². The van der Waals surface area contributed by atoms with E-state index in [1.54, 1.807) is 12.1 Å². The van der Waals surface area contributed by atoms with Crippen molar-refractivity contribution in [3.63, 3.8) is 0 Å². The number of ether oxygens (including phenoxy) is 2. The Hall–Kier alpha value is -2.00. The van der Waals surface area contributed by atoms with E-state index in [9.17, 15) is 4.79 Å². The highest BCUT2D eigenvalue weighted by atomic mass is 35.5. The van der Waals surface area contributed by atoms with Gasteiger partial charge in [-0.3, -0.25) is 4.79 Å². The number of esters is 1. The van der Waals surface area contributed by atoms with Crippen molar-refractivity contribution in [3.8, 4) is 5.75 Å². The molecule has 0 aliphatic rings.